The van der Waals surface area contributed by atoms with Gasteiger partial charge in [0.25, 0.3) is 0 Å². The first-order valence-electron chi connectivity index (χ1n) is 7.70. The molecule has 0 amide bonds. The lowest BCUT2D eigenvalue weighted by Gasteiger charge is -2.14. The Hall–Kier alpha value is -0.870. The summed E-state index contributed by atoms with van der Waals surface area (Å²) in [5, 5.41) is 3.40. The van der Waals surface area contributed by atoms with Gasteiger partial charge in [0, 0.05) is 34.7 Å². The number of methoxy groups -OCH3 is 1. The molecule has 4 heteroatoms. The molecule has 0 radical (unpaired) electrons. The van der Waals surface area contributed by atoms with Crippen LogP contribution in [0.15, 0.2) is 18.2 Å². The standard InChI is InChI=1S/C17H29NO2S/c1-6-14(4)11-21(19)12-16-9-15(10-18-13(2)3)7-8-17(16)20-5/h7-9,13-14,18H,6,10-12H2,1-5H3. The maximum atomic E-state index is 12.3. The largest absolute Gasteiger partial charge is 0.496 e. The van der Waals surface area contributed by atoms with Crippen LogP contribution in [0, 0.1) is 5.92 Å². The monoisotopic (exact) mass is 311 g/mol. The van der Waals surface area contributed by atoms with Gasteiger partial charge in [0.05, 0.1) is 12.9 Å². The van der Waals surface area contributed by atoms with Gasteiger partial charge in [-0.1, -0.05) is 40.2 Å². The first-order chi connectivity index (χ1) is 9.96. The third-order valence-corrected chi connectivity index (χ3v) is 5.12. The molecular formula is C17H29NO2S. The summed E-state index contributed by atoms with van der Waals surface area (Å²) in [6, 6.07) is 6.61. The zero-order valence-corrected chi connectivity index (χ0v) is 14.8. The van der Waals surface area contributed by atoms with Gasteiger partial charge in [0.1, 0.15) is 5.75 Å². The Labute approximate surface area is 131 Å². The molecule has 2 unspecified atom stereocenters. The predicted octanol–water partition coefficient (Wildman–Crippen LogP) is 3.49. The highest BCUT2D eigenvalue weighted by molar-refractivity contribution is 7.84. The van der Waals surface area contributed by atoms with Gasteiger partial charge in [0.2, 0.25) is 0 Å². The molecule has 0 fully saturated rings. The van der Waals surface area contributed by atoms with Crippen LogP contribution in [0.3, 0.4) is 0 Å². The highest BCUT2D eigenvalue weighted by atomic mass is 32.2. The Balaban J connectivity index is 2.77. The molecule has 0 aliphatic rings. The van der Waals surface area contributed by atoms with Gasteiger partial charge in [-0.05, 0) is 23.6 Å². The molecule has 21 heavy (non-hydrogen) atoms. The maximum absolute atomic E-state index is 12.3. The van der Waals surface area contributed by atoms with E-state index in [4.69, 9.17) is 4.74 Å². The molecule has 1 N–H and O–H groups in total. The number of hydrogen-bond acceptors (Lipinski definition) is 3. The molecule has 0 aliphatic heterocycles. The Morgan fingerprint density at radius 1 is 1.29 bits per heavy atom. The predicted molar refractivity (Wildman–Crippen MR) is 91.1 cm³/mol. The van der Waals surface area contributed by atoms with E-state index in [0.717, 1.165) is 30.0 Å². The molecule has 0 saturated carbocycles. The quantitative estimate of drug-likeness (QED) is 0.758. The van der Waals surface area contributed by atoms with Crippen molar-refractivity contribution in [3.05, 3.63) is 29.3 Å². The summed E-state index contributed by atoms with van der Waals surface area (Å²) in [6.45, 7) is 9.38. The lowest BCUT2D eigenvalue weighted by molar-refractivity contribution is 0.411. The topological polar surface area (TPSA) is 38.3 Å². The SMILES string of the molecule is CCC(C)CS(=O)Cc1cc(CNC(C)C)ccc1OC. The highest BCUT2D eigenvalue weighted by Crippen LogP contribution is 2.22. The molecule has 0 spiro atoms. The summed E-state index contributed by atoms with van der Waals surface area (Å²) in [7, 11) is 0.835. The second-order valence-electron chi connectivity index (χ2n) is 5.95. The van der Waals surface area contributed by atoms with Crippen molar-refractivity contribution in [2.45, 2.75) is 52.5 Å². The van der Waals surface area contributed by atoms with Crippen molar-refractivity contribution in [3.8, 4) is 5.75 Å². The van der Waals surface area contributed by atoms with E-state index in [1.165, 1.54) is 5.56 Å². The summed E-state index contributed by atoms with van der Waals surface area (Å²) < 4.78 is 17.7. The van der Waals surface area contributed by atoms with Crippen LogP contribution in [-0.4, -0.2) is 23.1 Å². The van der Waals surface area contributed by atoms with Gasteiger partial charge in [0.15, 0.2) is 0 Å². The van der Waals surface area contributed by atoms with Crippen LogP contribution in [0.5, 0.6) is 5.75 Å². The zero-order chi connectivity index (χ0) is 15.8. The first-order valence-corrected chi connectivity index (χ1v) is 9.19. The van der Waals surface area contributed by atoms with Crippen molar-refractivity contribution in [3.63, 3.8) is 0 Å². The summed E-state index contributed by atoms with van der Waals surface area (Å²) in [4.78, 5) is 0. The third kappa shape index (κ3) is 6.62. The minimum atomic E-state index is -0.834. The van der Waals surface area contributed by atoms with E-state index in [-0.39, 0.29) is 0 Å². The van der Waals surface area contributed by atoms with Gasteiger partial charge in [-0.3, -0.25) is 4.21 Å². The molecule has 1 rings (SSSR count). The van der Waals surface area contributed by atoms with E-state index >= 15 is 0 Å². The summed E-state index contributed by atoms with van der Waals surface area (Å²) in [6.07, 6.45) is 1.07. The van der Waals surface area contributed by atoms with Crippen LogP contribution >= 0.6 is 0 Å². The smallest absolute Gasteiger partial charge is 0.123 e. The van der Waals surface area contributed by atoms with E-state index in [1.54, 1.807) is 7.11 Å². The van der Waals surface area contributed by atoms with Gasteiger partial charge in [-0.15, -0.1) is 0 Å². The first kappa shape index (κ1) is 18.2. The van der Waals surface area contributed by atoms with E-state index in [0.29, 0.717) is 17.7 Å². The summed E-state index contributed by atoms with van der Waals surface area (Å²) in [5.74, 6) is 2.67. The van der Waals surface area contributed by atoms with E-state index in [2.05, 4.69) is 45.1 Å². The Morgan fingerprint density at radius 3 is 2.57 bits per heavy atom. The number of rotatable bonds is 9. The molecule has 120 valence electrons. The maximum Gasteiger partial charge on any atom is 0.123 e. The van der Waals surface area contributed by atoms with Crippen LogP contribution in [0.25, 0.3) is 0 Å². The molecule has 2 atom stereocenters. The van der Waals surface area contributed by atoms with Crippen LogP contribution in [0.4, 0.5) is 0 Å². The van der Waals surface area contributed by atoms with Gasteiger partial charge >= 0.3 is 0 Å². The molecule has 0 bridgehead atoms. The average molecular weight is 311 g/mol. The minimum absolute atomic E-state index is 0.454. The average Bonchev–Trinajstić information content (AvgIpc) is 2.45. The summed E-state index contributed by atoms with van der Waals surface area (Å²) >= 11 is 0. The zero-order valence-electron chi connectivity index (χ0n) is 13.9. The Bertz CT molecular complexity index is 460. The molecule has 0 aliphatic carbocycles. The number of nitrogens with one attached hydrogen (secondary N) is 1. The van der Waals surface area contributed by atoms with Crippen molar-refractivity contribution >= 4 is 10.8 Å². The molecule has 3 nitrogen and oxygen atoms in total. The fraction of sp³-hybridized carbons (Fsp3) is 0.647. The molecule has 1 aromatic rings. The van der Waals surface area contributed by atoms with Gasteiger partial charge in [-0.25, -0.2) is 0 Å². The van der Waals surface area contributed by atoms with Crippen molar-refractivity contribution in [2.75, 3.05) is 12.9 Å². The number of hydrogen-bond donors (Lipinski definition) is 1. The van der Waals surface area contributed by atoms with E-state index in [9.17, 15) is 4.21 Å². The number of ether oxygens (including phenoxy) is 1. The molecular weight excluding hydrogens is 282 g/mol. The second kappa shape index (κ2) is 9.21. The normalized spacial score (nSPS) is 14.2. The van der Waals surface area contributed by atoms with Gasteiger partial charge < -0.3 is 10.1 Å². The lowest BCUT2D eigenvalue weighted by Crippen LogP contribution is -2.21. The summed E-state index contributed by atoms with van der Waals surface area (Å²) in [5.41, 5.74) is 2.25. The molecule has 1 aromatic carbocycles. The molecule has 0 heterocycles. The van der Waals surface area contributed by atoms with Gasteiger partial charge in [-0.2, -0.15) is 0 Å². The van der Waals surface area contributed by atoms with Crippen LogP contribution in [0.2, 0.25) is 0 Å². The Morgan fingerprint density at radius 2 is 2.00 bits per heavy atom. The molecule has 0 aromatic heterocycles. The second-order valence-corrected chi connectivity index (χ2v) is 7.45. The van der Waals surface area contributed by atoms with Crippen molar-refractivity contribution < 1.29 is 8.95 Å². The fourth-order valence-electron chi connectivity index (χ4n) is 2.04. The van der Waals surface area contributed by atoms with E-state index < -0.39 is 10.8 Å². The Kier molecular flexibility index (Phi) is 7.97. The lowest BCUT2D eigenvalue weighted by atomic mass is 10.1. The molecule has 0 saturated heterocycles. The minimum Gasteiger partial charge on any atom is -0.496 e. The number of benzene rings is 1. The highest BCUT2D eigenvalue weighted by Gasteiger charge is 2.11. The fourth-order valence-corrected chi connectivity index (χ4v) is 3.60. The van der Waals surface area contributed by atoms with Crippen molar-refractivity contribution in [2.24, 2.45) is 5.92 Å². The van der Waals surface area contributed by atoms with Crippen LogP contribution in [-0.2, 0) is 23.1 Å². The van der Waals surface area contributed by atoms with Crippen molar-refractivity contribution in [1.29, 1.82) is 0 Å². The van der Waals surface area contributed by atoms with Crippen LogP contribution in [0.1, 0.15) is 45.2 Å². The van der Waals surface area contributed by atoms with E-state index in [1.807, 2.05) is 6.07 Å². The van der Waals surface area contributed by atoms with Crippen molar-refractivity contribution in [1.82, 2.24) is 5.32 Å². The van der Waals surface area contributed by atoms with Crippen LogP contribution < -0.4 is 10.1 Å². The third-order valence-electron chi connectivity index (χ3n) is 3.54.